The first kappa shape index (κ1) is 21.8. The lowest BCUT2D eigenvalue weighted by Gasteiger charge is -2.17. The Kier molecular flexibility index (Phi) is 7.41. The fourth-order valence-corrected chi connectivity index (χ4v) is 3.82. The summed E-state index contributed by atoms with van der Waals surface area (Å²) in [4.78, 5) is 26.1. The molecule has 1 fully saturated rings. The van der Waals surface area contributed by atoms with Crippen LogP contribution in [0.3, 0.4) is 0 Å². The molecule has 1 atom stereocenters. The molecule has 2 aromatic carbocycles. The van der Waals surface area contributed by atoms with E-state index < -0.39 is 5.82 Å². The number of carbonyl (C=O) groups is 2. The Bertz CT molecular complexity index is 897. The third-order valence-corrected chi connectivity index (χ3v) is 5.32. The molecule has 0 saturated heterocycles. The van der Waals surface area contributed by atoms with Gasteiger partial charge in [-0.1, -0.05) is 25.0 Å². The number of hydrogen-bond donors (Lipinski definition) is 3. The normalized spacial score (nSPS) is 14.9. The van der Waals surface area contributed by atoms with Gasteiger partial charge < -0.3 is 20.3 Å². The van der Waals surface area contributed by atoms with Crippen LogP contribution in [0.1, 0.15) is 41.6 Å². The molecule has 6 nitrogen and oxygen atoms in total. The summed E-state index contributed by atoms with van der Waals surface area (Å²) in [5.74, 6) is -0.592. The first-order valence-electron chi connectivity index (χ1n) is 10.3. The maximum absolute atomic E-state index is 13.9. The van der Waals surface area contributed by atoms with Crippen LogP contribution in [0.4, 0.5) is 10.1 Å². The number of ether oxygens (including phenoxy) is 1. The molecule has 160 valence electrons. The topological polar surface area (TPSA) is 71.9 Å². The zero-order valence-corrected chi connectivity index (χ0v) is 17.5. The second-order valence-electron chi connectivity index (χ2n) is 7.83. The second kappa shape index (κ2) is 10.2. The Morgan fingerprint density at radius 1 is 1.17 bits per heavy atom. The third kappa shape index (κ3) is 5.79. The van der Waals surface area contributed by atoms with Crippen LogP contribution < -0.4 is 20.3 Å². The van der Waals surface area contributed by atoms with Gasteiger partial charge in [0.05, 0.1) is 25.4 Å². The van der Waals surface area contributed by atoms with Crippen LogP contribution in [0.25, 0.3) is 0 Å². The van der Waals surface area contributed by atoms with Gasteiger partial charge in [0.25, 0.3) is 11.8 Å². The lowest BCUT2D eigenvalue weighted by atomic mass is 10.1. The maximum Gasteiger partial charge on any atom is 0.279 e. The minimum absolute atomic E-state index is 0.160. The standard InChI is InChI=1S/C23H28FN3O3/c1-27(14-16-11-12-21(30-2)19(24)13-16)15-22(28)26-20-10-6-5-9-18(20)23(29)25-17-7-3-4-8-17/h5-6,9-13,17H,3-4,7-8,14-15H2,1-2H3,(H,25,29)(H,26,28)/p+1. The highest BCUT2D eigenvalue weighted by atomic mass is 19.1. The Labute approximate surface area is 176 Å². The fourth-order valence-electron chi connectivity index (χ4n) is 3.82. The highest BCUT2D eigenvalue weighted by Crippen LogP contribution is 2.20. The van der Waals surface area contributed by atoms with E-state index >= 15 is 0 Å². The van der Waals surface area contributed by atoms with Gasteiger partial charge in [-0.15, -0.1) is 0 Å². The average molecular weight is 415 g/mol. The summed E-state index contributed by atoms with van der Waals surface area (Å²) in [6, 6.07) is 12.0. The van der Waals surface area contributed by atoms with Crippen LogP contribution >= 0.6 is 0 Å². The molecule has 0 radical (unpaired) electrons. The Morgan fingerprint density at radius 2 is 1.90 bits per heavy atom. The minimum Gasteiger partial charge on any atom is -0.494 e. The van der Waals surface area contributed by atoms with Gasteiger partial charge in [-0.2, -0.15) is 0 Å². The van der Waals surface area contributed by atoms with Crippen molar-refractivity contribution >= 4 is 17.5 Å². The molecule has 30 heavy (non-hydrogen) atoms. The molecule has 1 saturated carbocycles. The lowest BCUT2D eigenvalue weighted by Crippen LogP contribution is -3.08. The van der Waals surface area contributed by atoms with Crippen molar-refractivity contribution < 1.29 is 23.6 Å². The number of halogens is 1. The van der Waals surface area contributed by atoms with Crippen LogP contribution in [0, 0.1) is 5.82 Å². The second-order valence-corrected chi connectivity index (χ2v) is 7.83. The van der Waals surface area contributed by atoms with Gasteiger partial charge in [0, 0.05) is 11.6 Å². The van der Waals surface area contributed by atoms with Crippen molar-refractivity contribution in [3.63, 3.8) is 0 Å². The highest BCUT2D eigenvalue weighted by molar-refractivity contribution is 6.04. The predicted molar refractivity (Wildman–Crippen MR) is 113 cm³/mol. The Hall–Kier alpha value is -2.93. The van der Waals surface area contributed by atoms with Gasteiger partial charge in [0.2, 0.25) is 0 Å². The number of hydrogen-bond acceptors (Lipinski definition) is 3. The van der Waals surface area contributed by atoms with Crippen LogP contribution in [-0.4, -0.2) is 38.6 Å². The zero-order chi connectivity index (χ0) is 21.5. The van der Waals surface area contributed by atoms with E-state index in [4.69, 9.17) is 4.74 Å². The van der Waals surface area contributed by atoms with Crippen LogP contribution in [-0.2, 0) is 11.3 Å². The van der Waals surface area contributed by atoms with Gasteiger partial charge in [-0.25, -0.2) is 4.39 Å². The molecule has 1 aliphatic rings. The van der Waals surface area contributed by atoms with Crippen LogP contribution in [0.5, 0.6) is 5.75 Å². The monoisotopic (exact) mass is 414 g/mol. The molecule has 2 aromatic rings. The summed E-state index contributed by atoms with van der Waals surface area (Å²) in [6.45, 7) is 0.671. The number of carbonyl (C=O) groups excluding carboxylic acids is 2. The van der Waals surface area contributed by atoms with Crippen molar-refractivity contribution in [2.75, 3.05) is 26.0 Å². The van der Waals surface area contributed by atoms with E-state index in [2.05, 4.69) is 10.6 Å². The number of para-hydroxylation sites is 1. The van der Waals surface area contributed by atoms with Crippen LogP contribution in [0.2, 0.25) is 0 Å². The number of methoxy groups -OCH3 is 1. The van der Waals surface area contributed by atoms with Crippen molar-refractivity contribution in [1.29, 1.82) is 0 Å². The number of benzene rings is 2. The average Bonchev–Trinajstić information content (AvgIpc) is 3.21. The summed E-state index contributed by atoms with van der Waals surface area (Å²) in [6.07, 6.45) is 4.27. The van der Waals surface area contributed by atoms with Crippen molar-refractivity contribution in [2.45, 2.75) is 38.3 Å². The molecule has 0 aromatic heterocycles. The Balaban J connectivity index is 1.57. The van der Waals surface area contributed by atoms with Gasteiger partial charge in [-0.05, 0) is 43.2 Å². The van der Waals surface area contributed by atoms with Gasteiger partial charge >= 0.3 is 0 Å². The molecule has 0 spiro atoms. The largest absolute Gasteiger partial charge is 0.494 e. The van der Waals surface area contributed by atoms with Gasteiger partial charge in [0.15, 0.2) is 18.1 Å². The minimum atomic E-state index is -0.422. The maximum atomic E-state index is 13.9. The molecule has 3 N–H and O–H groups in total. The number of rotatable bonds is 8. The number of likely N-dealkylation sites (N-methyl/N-ethyl adjacent to an activating group) is 1. The first-order valence-corrected chi connectivity index (χ1v) is 10.3. The third-order valence-electron chi connectivity index (χ3n) is 5.32. The summed E-state index contributed by atoms with van der Waals surface area (Å²) in [7, 11) is 3.28. The zero-order valence-electron chi connectivity index (χ0n) is 17.5. The van der Waals surface area contributed by atoms with Crippen molar-refractivity contribution in [3.8, 4) is 5.75 Å². The van der Waals surface area contributed by atoms with E-state index in [1.807, 2.05) is 7.05 Å². The first-order chi connectivity index (χ1) is 14.5. The molecular formula is C23H29FN3O3+. The summed E-state index contributed by atoms with van der Waals surface area (Å²) in [5.41, 5.74) is 1.74. The van der Waals surface area contributed by atoms with E-state index in [0.717, 1.165) is 36.1 Å². The van der Waals surface area contributed by atoms with E-state index in [1.165, 1.54) is 13.2 Å². The summed E-state index contributed by atoms with van der Waals surface area (Å²) in [5, 5.41) is 5.90. The molecule has 1 unspecified atom stereocenters. The van der Waals surface area contributed by atoms with E-state index in [-0.39, 0.29) is 30.2 Å². The van der Waals surface area contributed by atoms with Crippen molar-refractivity contribution in [1.82, 2.24) is 5.32 Å². The quantitative estimate of drug-likeness (QED) is 0.620. The molecule has 0 heterocycles. The van der Waals surface area contributed by atoms with E-state index in [1.54, 1.807) is 36.4 Å². The molecule has 0 bridgehead atoms. The van der Waals surface area contributed by atoms with E-state index in [9.17, 15) is 14.0 Å². The molecular weight excluding hydrogens is 385 g/mol. The molecule has 1 aliphatic carbocycles. The molecule has 2 amide bonds. The lowest BCUT2D eigenvalue weighted by molar-refractivity contribution is -0.885. The van der Waals surface area contributed by atoms with Gasteiger partial charge in [0.1, 0.15) is 6.54 Å². The summed E-state index contributed by atoms with van der Waals surface area (Å²) >= 11 is 0. The number of amides is 2. The van der Waals surface area contributed by atoms with E-state index in [0.29, 0.717) is 17.8 Å². The molecule has 7 heteroatoms. The SMILES string of the molecule is COc1ccc(C[NH+](C)CC(=O)Nc2ccccc2C(=O)NC2CCCC2)cc1F. The Morgan fingerprint density at radius 3 is 2.60 bits per heavy atom. The fraction of sp³-hybridized carbons (Fsp3) is 0.391. The van der Waals surface area contributed by atoms with Crippen LogP contribution in [0.15, 0.2) is 42.5 Å². The number of quaternary nitrogens is 1. The highest BCUT2D eigenvalue weighted by Gasteiger charge is 2.21. The van der Waals surface area contributed by atoms with Gasteiger partial charge in [-0.3, -0.25) is 9.59 Å². The molecule has 0 aliphatic heterocycles. The van der Waals surface area contributed by atoms with Crippen molar-refractivity contribution in [2.24, 2.45) is 0 Å². The molecule has 3 rings (SSSR count). The number of anilines is 1. The van der Waals surface area contributed by atoms with Crippen molar-refractivity contribution in [3.05, 3.63) is 59.4 Å². The number of nitrogens with one attached hydrogen (secondary N) is 3. The summed E-state index contributed by atoms with van der Waals surface area (Å²) < 4.78 is 18.8. The smallest absolute Gasteiger partial charge is 0.279 e. The predicted octanol–water partition coefficient (Wildman–Crippen LogP) is 2.16.